The second-order valence-electron chi connectivity index (χ2n) is 8.48. The van der Waals surface area contributed by atoms with E-state index in [4.69, 9.17) is 30.5 Å². The SMILES string of the molecule is CCOC(=O)c1nnn(Cc2ccc(OC)cc2)c1Oc1ccc(Cl)c(OCC2CCCCC2)c1. The van der Waals surface area contributed by atoms with Gasteiger partial charge in [0, 0.05) is 6.07 Å². The molecule has 2 aromatic carbocycles. The predicted octanol–water partition coefficient (Wildman–Crippen LogP) is 5.92. The first kappa shape index (κ1) is 24.9. The number of ether oxygens (including phenoxy) is 4. The van der Waals surface area contributed by atoms with Crippen LogP contribution in [0, 0.1) is 5.92 Å². The number of aromatic nitrogens is 3. The highest BCUT2D eigenvalue weighted by Gasteiger charge is 2.24. The maximum absolute atomic E-state index is 12.5. The summed E-state index contributed by atoms with van der Waals surface area (Å²) >= 11 is 6.39. The molecule has 0 radical (unpaired) electrons. The van der Waals surface area contributed by atoms with Gasteiger partial charge in [0.1, 0.15) is 17.2 Å². The molecule has 8 nitrogen and oxygen atoms in total. The molecule has 1 aliphatic carbocycles. The Morgan fingerprint density at radius 2 is 1.83 bits per heavy atom. The van der Waals surface area contributed by atoms with Crippen LogP contribution in [0.2, 0.25) is 5.02 Å². The summed E-state index contributed by atoms with van der Waals surface area (Å²) in [6, 6.07) is 12.7. The van der Waals surface area contributed by atoms with E-state index in [1.165, 1.54) is 36.8 Å². The van der Waals surface area contributed by atoms with Gasteiger partial charge in [-0.15, -0.1) is 5.10 Å². The summed E-state index contributed by atoms with van der Waals surface area (Å²) in [4.78, 5) is 12.5. The van der Waals surface area contributed by atoms with Crippen LogP contribution >= 0.6 is 11.6 Å². The zero-order chi connectivity index (χ0) is 24.6. The minimum absolute atomic E-state index is 0.0000133. The molecule has 3 aromatic rings. The number of rotatable bonds is 10. The number of carbonyl (C=O) groups is 1. The Morgan fingerprint density at radius 1 is 1.09 bits per heavy atom. The van der Waals surface area contributed by atoms with Gasteiger partial charge in [-0.2, -0.15) is 0 Å². The van der Waals surface area contributed by atoms with Crippen LogP contribution in [-0.4, -0.2) is 41.3 Å². The van der Waals surface area contributed by atoms with E-state index < -0.39 is 5.97 Å². The molecule has 186 valence electrons. The Bertz CT molecular complexity index is 1130. The van der Waals surface area contributed by atoms with E-state index in [9.17, 15) is 4.79 Å². The lowest BCUT2D eigenvalue weighted by molar-refractivity contribution is 0.0516. The molecule has 1 aliphatic rings. The lowest BCUT2D eigenvalue weighted by Crippen LogP contribution is -2.15. The number of halogens is 1. The van der Waals surface area contributed by atoms with Crippen LogP contribution in [-0.2, 0) is 11.3 Å². The number of esters is 1. The van der Waals surface area contributed by atoms with Crippen molar-refractivity contribution in [3.8, 4) is 23.1 Å². The fraction of sp³-hybridized carbons (Fsp3) is 0.423. The van der Waals surface area contributed by atoms with Gasteiger partial charge in [-0.05, 0) is 55.5 Å². The second-order valence-corrected chi connectivity index (χ2v) is 8.89. The van der Waals surface area contributed by atoms with E-state index in [0.29, 0.717) is 35.6 Å². The number of hydrogen-bond donors (Lipinski definition) is 0. The number of nitrogens with zero attached hydrogens (tertiary/aromatic N) is 3. The Kier molecular flexibility index (Phi) is 8.47. The summed E-state index contributed by atoms with van der Waals surface area (Å²) in [5.41, 5.74) is 0.934. The minimum Gasteiger partial charge on any atom is -0.497 e. The van der Waals surface area contributed by atoms with Crippen LogP contribution in [0.1, 0.15) is 55.1 Å². The highest BCUT2D eigenvalue weighted by atomic mass is 35.5. The summed E-state index contributed by atoms with van der Waals surface area (Å²) in [5, 5.41) is 8.68. The van der Waals surface area contributed by atoms with Crippen molar-refractivity contribution in [1.82, 2.24) is 15.0 Å². The van der Waals surface area contributed by atoms with Crippen molar-refractivity contribution in [2.45, 2.75) is 45.6 Å². The molecule has 35 heavy (non-hydrogen) atoms. The molecule has 0 atom stereocenters. The third-order valence-corrected chi connectivity index (χ3v) is 6.28. The zero-order valence-corrected chi connectivity index (χ0v) is 20.8. The third-order valence-electron chi connectivity index (χ3n) is 5.97. The van der Waals surface area contributed by atoms with E-state index in [0.717, 1.165) is 11.3 Å². The van der Waals surface area contributed by atoms with Crippen LogP contribution in [0.25, 0.3) is 0 Å². The Labute approximate surface area is 210 Å². The summed E-state index contributed by atoms with van der Waals surface area (Å²) in [6.45, 7) is 2.90. The first-order valence-corrected chi connectivity index (χ1v) is 12.3. The summed E-state index contributed by atoms with van der Waals surface area (Å²) in [5.74, 6) is 1.86. The normalized spacial score (nSPS) is 13.9. The number of benzene rings is 2. The van der Waals surface area contributed by atoms with E-state index in [2.05, 4.69) is 10.3 Å². The van der Waals surface area contributed by atoms with Crippen LogP contribution in [0.3, 0.4) is 0 Å². The van der Waals surface area contributed by atoms with Gasteiger partial charge in [0.25, 0.3) is 5.88 Å². The van der Waals surface area contributed by atoms with Crippen LogP contribution in [0.5, 0.6) is 23.1 Å². The molecular formula is C26H30ClN3O5. The van der Waals surface area contributed by atoms with Gasteiger partial charge in [0.2, 0.25) is 5.69 Å². The third kappa shape index (κ3) is 6.45. The maximum Gasteiger partial charge on any atom is 0.364 e. The van der Waals surface area contributed by atoms with E-state index in [-0.39, 0.29) is 18.2 Å². The summed E-state index contributed by atoms with van der Waals surface area (Å²) in [6.07, 6.45) is 6.13. The van der Waals surface area contributed by atoms with Gasteiger partial charge >= 0.3 is 5.97 Å². The van der Waals surface area contributed by atoms with Crippen molar-refractivity contribution in [1.29, 1.82) is 0 Å². The van der Waals surface area contributed by atoms with Crippen molar-refractivity contribution in [2.24, 2.45) is 5.92 Å². The molecule has 0 bridgehead atoms. The van der Waals surface area contributed by atoms with Crippen molar-refractivity contribution in [2.75, 3.05) is 20.3 Å². The quantitative estimate of drug-likeness (QED) is 0.320. The lowest BCUT2D eigenvalue weighted by Gasteiger charge is -2.22. The molecular weight excluding hydrogens is 470 g/mol. The fourth-order valence-corrected chi connectivity index (χ4v) is 4.24. The molecule has 1 heterocycles. The topological polar surface area (TPSA) is 84.7 Å². The van der Waals surface area contributed by atoms with Crippen LogP contribution < -0.4 is 14.2 Å². The highest BCUT2D eigenvalue weighted by molar-refractivity contribution is 6.32. The van der Waals surface area contributed by atoms with Gasteiger partial charge in [-0.3, -0.25) is 0 Å². The fourth-order valence-electron chi connectivity index (χ4n) is 4.07. The summed E-state index contributed by atoms with van der Waals surface area (Å²) in [7, 11) is 1.61. The van der Waals surface area contributed by atoms with Gasteiger partial charge in [0.05, 0.1) is 31.9 Å². The van der Waals surface area contributed by atoms with Crippen LogP contribution in [0.15, 0.2) is 42.5 Å². The molecule has 0 spiro atoms. The van der Waals surface area contributed by atoms with Crippen LogP contribution in [0.4, 0.5) is 0 Å². The molecule has 0 amide bonds. The Balaban J connectivity index is 1.56. The maximum atomic E-state index is 12.5. The molecule has 0 N–H and O–H groups in total. The Hall–Kier alpha value is -3.26. The van der Waals surface area contributed by atoms with Crippen molar-refractivity contribution in [3.63, 3.8) is 0 Å². The number of hydrogen-bond acceptors (Lipinski definition) is 7. The first-order chi connectivity index (χ1) is 17.1. The predicted molar refractivity (Wildman–Crippen MR) is 132 cm³/mol. The number of carbonyl (C=O) groups excluding carboxylic acids is 1. The van der Waals surface area contributed by atoms with E-state index in [1.807, 2.05) is 24.3 Å². The largest absolute Gasteiger partial charge is 0.497 e. The molecule has 9 heteroatoms. The first-order valence-electron chi connectivity index (χ1n) is 11.9. The van der Waals surface area contributed by atoms with Crippen molar-refractivity contribution >= 4 is 17.6 Å². The average molecular weight is 500 g/mol. The average Bonchev–Trinajstić information content (AvgIpc) is 3.27. The molecule has 0 unspecified atom stereocenters. The number of methoxy groups -OCH3 is 1. The minimum atomic E-state index is -0.605. The Morgan fingerprint density at radius 3 is 2.54 bits per heavy atom. The van der Waals surface area contributed by atoms with Crippen molar-refractivity contribution in [3.05, 3.63) is 58.7 Å². The molecule has 1 saturated carbocycles. The van der Waals surface area contributed by atoms with Crippen molar-refractivity contribution < 1.29 is 23.7 Å². The molecule has 0 saturated heterocycles. The molecule has 4 rings (SSSR count). The van der Waals surface area contributed by atoms with Gasteiger partial charge < -0.3 is 18.9 Å². The smallest absolute Gasteiger partial charge is 0.364 e. The molecule has 1 aromatic heterocycles. The lowest BCUT2D eigenvalue weighted by atomic mass is 9.90. The monoisotopic (exact) mass is 499 g/mol. The van der Waals surface area contributed by atoms with Gasteiger partial charge in [-0.1, -0.05) is 48.2 Å². The van der Waals surface area contributed by atoms with Gasteiger partial charge in [0.15, 0.2) is 0 Å². The zero-order valence-electron chi connectivity index (χ0n) is 20.0. The standard InChI is InChI=1S/C26H30ClN3O5/c1-3-33-26(31)24-25(30(29-28-24)16-18-9-11-20(32-2)12-10-18)35-21-13-14-22(27)23(15-21)34-17-19-7-5-4-6-8-19/h9-15,19H,3-8,16-17H2,1-2H3. The second kappa shape index (κ2) is 11.9. The molecule has 1 fully saturated rings. The van der Waals surface area contributed by atoms with E-state index in [1.54, 1.807) is 32.2 Å². The van der Waals surface area contributed by atoms with E-state index >= 15 is 0 Å². The summed E-state index contributed by atoms with van der Waals surface area (Å²) < 4.78 is 24.1. The van der Waals surface area contributed by atoms with Gasteiger partial charge in [-0.25, -0.2) is 9.48 Å². The molecule has 0 aliphatic heterocycles. The highest BCUT2D eigenvalue weighted by Crippen LogP contribution is 2.34.